The predicted octanol–water partition coefficient (Wildman–Crippen LogP) is 2.46. The average molecular weight is 267 g/mol. The van der Waals surface area contributed by atoms with Gasteiger partial charge in [-0.15, -0.1) is 11.6 Å². The summed E-state index contributed by atoms with van der Waals surface area (Å²) in [6.45, 7) is 1.68. The van der Waals surface area contributed by atoms with Crippen molar-refractivity contribution >= 4 is 17.5 Å². The van der Waals surface area contributed by atoms with Gasteiger partial charge in [0.25, 0.3) is 5.91 Å². The van der Waals surface area contributed by atoms with Gasteiger partial charge in [-0.25, -0.2) is 0 Å². The van der Waals surface area contributed by atoms with Crippen molar-refractivity contribution in [3.8, 4) is 0 Å². The third kappa shape index (κ3) is 3.89. The first-order valence-electron chi connectivity index (χ1n) is 4.74. The van der Waals surface area contributed by atoms with Crippen molar-refractivity contribution in [3.63, 3.8) is 0 Å². The van der Waals surface area contributed by atoms with E-state index in [1.54, 1.807) is 6.92 Å². The maximum atomic E-state index is 12.2. The van der Waals surface area contributed by atoms with E-state index >= 15 is 0 Å². The van der Waals surface area contributed by atoms with E-state index in [0.29, 0.717) is 6.20 Å². The number of halogens is 4. The van der Waals surface area contributed by atoms with E-state index in [1.807, 2.05) is 0 Å². The first-order chi connectivity index (χ1) is 7.84. The largest absolute Gasteiger partial charge is 0.417 e. The zero-order chi connectivity index (χ0) is 13.1. The summed E-state index contributed by atoms with van der Waals surface area (Å²) in [6.07, 6.45) is -3.83. The molecule has 7 heteroatoms. The van der Waals surface area contributed by atoms with Crippen molar-refractivity contribution in [2.24, 2.45) is 0 Å². The summed E-state index contributed by atoms with van der Waals surface area (Å²) >= 11 is 5.48. The topological polar surface area (TPSA) is 42.0 Å². The van der Waals surface area contributed by atoms with E-state index in [0.717, 1.165) is 12.1 Å². The van der Waals surface area contributed by atoms with Crippen LogP contribution in [0, 0.1) is 0 Å². The number of hydrogen-bond acceptors (Lipinski definition) is 2. The minimum Gasteiger partial charge on any atom is -0.347 e. The summed E-state index contributed by atoms with van der Waals surface area (Å²) in [5.41, 5.74) is -0.964. The Morgan fingerprint density at radius 2 is 2.18 bits per heavy atom. The zero-order valence-corrected chi connectivity index (χ0v) is 9.64. The molecule has 1 atom stereocenters. The summed E-state index contributed by atoms with van der Waals surface area (Å²) in [6, 6.07) is 1.57. The van der Waals surface area contributed by atoms with Gasteiger partial charge in [0.2, 0.25) is 0 Å². The van der Waals surface area contributed by atoms with Crippen LogP contribution in [0.3, 0.4) is 0 Å². The van der Waals surface area contributed by atoms with E-state index in [4.69, 9.17) is 11.6 Å². The fourth-order valence-corrected chi connectivity index (χ4v) is 1.11. The van der Waals surface area contributed by atoms with E-state index in [1.165, 1.54) is 0 Å². The van der Waals surface area contributed by atoms with Crippen LogP contribution >= 0.6 is 11.6 Å². The maximum absolute atomic E-state index is 12.2. The Hall–Kier alpha value is -1.30. The van der Waals surface area contributed by atoms with Crippen LogP contribution in [0.25, 0.3) is 0 Å². The molecule has 0 aliphatic heterocycles. The van der Waals surface area contributed by atoms with E-state index in [2.05, 4.69) is 10.3 Å². The molecule has 1 unspecified atom stereocenters. The number of nitrogens with one attached hydrogen (secondary N) is 1. The van der Waals surface area contributed by atoms with Gasteiger partial charge in [-0.3, -0.25) is 9.78 Å². The Morgan fingerprint density at radius 3 is 2.59 bits per heavy atom. The van der Waals surface area contributed by atoms with Crippen LogP contribution in [0.1, 0.15) is 23.0 Å². The molecule has 0 saturated carbocycles. The van der Waals surface area contributed by atoms with Crippen molar-refractivity contribution in [2.75, 3.05) is 5.88 Å². The molecule has 0 aliphatic rings. The van der Waals surface area contributed by atoms with Crippen LogP contribution in [-0.4, -0.2) is 22.8 Å². The number of carbonyl (C=O) groups excluding carboxylic acids is 1. The fourth-order valence-electron chi connectivity index (χ4n) is 1.03. The highest BCUT2D eigenvalue weighted by Gasteiger charge is 2.30. The molecule has 0 bridgehead atoms. The number of nitrogens with zero attached hydrogens (tertiary/aromatic N) is 1. The quantitative estimate of drug-likeness (QED) is 0.854. The SMILES string of the molecule is CC(CCl)NC(=O)c1ccc(C(F)(F)F)cn1. The molecule has 0 aliphatic carbocycles. The average Bonchev–Trinajstić information content (AvgIpc) is 2.27. The molecule has 0 aromatic carbocycles. The van der Waals surface area contributed by atoms with Crippen LogP contribution in [0.2, 0.25) is 0 Å². The minimum absolute atomic E-state index is 0.0741. The molecular formula is C10H10ClF3N2O. The lowest BCUT2D eigenvalue weighted by Crippen LogP contribution is -2.34. The van der Waals surface area contributed by atoms with Gasteiger partial charge >= 0.3 is 6.18 Å². The zero-order valence-electron chi connectivity index (χ0n) is 8.88. The lowest BCUT2D eigenvalue weighted by molar-refractivity contribution is -0.137. The van der Waals surface area contributed by atoms with Gasteiger partial charge in [0, 0.05) is 18.1 Å². The molecule has 1 N–H and O–H groups in total. The minimum atomic E-state index is -4.45. The molecule has 17 heavy (non-hydrogen) atoms. The first kappa shape index (κ1) is 13.8. The van der Waals surface area contributed by atoms with Crippen LogP contribution in [0.15, 0.2) is 18.3 Å². The van der Waals surface area contributed by atoms with Crippen molar-refractivity contribution in [2.45, 2.75) is 19.1 Å². The van der Waals surface area contributed by atoms with Crippen LogP contribution in [0.4, 0.5) is 13.2 Å². The van der Waals surface area contributed by atoms with Crippen molar-refractivity contribution < 1.29 is 18.0 Å². The number of aromatic nitrogens is 1. The number of rotatable bonds is 3. The fraction of sp³-hybridized carbons (Fsp3) is 0.400. The lowest BCUT2D eigenvalue weighted by Gasteiger charge is -2.10. The first-order valence-corrected chi connectivity index (χ1v) is 5.28. The normalized spacial score (nSPS) is 13.2. The standard InChI is InChI=1S/C10H10ClF3N2O/c1-6(4-11)16-9(17)8-3-2-7(5-15-8)10(12,13)14/h2-3,5-6H,4H2,1H3,(H,16,17). The molecule has 0 radical (unpaired) electrons. The molecule has 0 saturated heterocycles. The molecule has 94 valence electrons. The Morgan fingerprint density at radius 1 is 1.53 bits per heavy atom. The van der Waals surface area contributed by atoms with Crippen molar-refractivity contribution in [1.82, 2.24) is 10.3 Å². The highest BCUT2D eigenvalue weighted by molar-refractivity contribution is 6.18. The van der Waals surface area contributed by atoms with Gasteiger partial charge in [0.15, 0.2) is 0 Å². The highest BCUT2D eigenvalue weighted by atomic mass is 35.5. The van der Waals surface area contributed by atoms with E-state index < -0.39 is 17.6 Å². The van der Waals surface area contributed by atoms with Crippen LogP contribution in [0.5, 0.6) is 0 Å². The number of carbonyl (C=O) groups is 1. The Balaban J connectivity index is 2.78. The van der Waals surface area contributed by atoms with E-state index in [-0.39, 0.29) is 17.6 Å². The van der Waals surface area contributed by atoms with Gasteiger partial charge in [-0.2, -0.15) is 13.2 Å². The van der Waals surface area contributed by atoms with Crippen molar-refractivity contribution in [1.29, 1.82) is 0 Å². The molecule has 1 amide bonds. The second kappa shape index (κ2) is 5.35. The van der Waals surface area contributed by atoms with Gasteiger partial charge in [-0.1, -0.05) is 0 Å². The molecule has 1 aromatic heterocycles. The Kier molecular flexibility index (Phi) is 4.34. The molecule has 3 nitrogen and oxygen atoms in total. The Labute approximate surface area is 101 Å². The molecule has 1 aromatic rings. The number of amides is 1. The summed E-state index contributed by atoms with van der Waals surface area (Å²) in [5.74, 6) is -0.335. The lowest BCUT2D eigenvalue weighted by atomic mass is 10.2. The van der Waals surface area contributed by atoms with Gasteiger partial charge in [0.05, 0.1) is 5.56 Å². The van der Waals surface area contributed by atoms with Crippen LogP contribution < -0.4 is 5.32 Å². The third-order valence-electron chi connectivity index (χ3n) is 1.93. The highest BCUT2D eigenvalue weighted by Crippen LogP contribution is 2.28. The summed E-state index contributed by atoms with van der Waals surface area (Å²) in [4.78, 5) is 14.9. The molecule has 0 fully saturated rings. The Bertz CT molecular complexity index is 392. The predicted molar refractivity (Wildman–Crippen MR) is 56.9 cm³/mol. The van der Waals surface area contributed by atoms with Gasteiger partial charge < -0.3 is 5.32 Å². The number of pyridine rings is 1. The third-order valence-corrected chi connectivity index (χ3v) is 2.40. The summed E-state index contributed by atoms with van der Waals surface area (Å²) in [7, 11) is 0. The smallest absolute Gasteiger partial charge is 0.347 e. The second-order valence-corrected chi connectivity index (χ2v) is 3.77. The molecule has 1 heterocycles. The molecular weight excluding hydrogens is 257 g/mol. The van der Waals surface area contributed by atoms with Gasteiger partial charge in [-0.05, 0) is 19.1 Å². The maximum Gasteiger partial charge on any atom is 0.417 e. The summed E-state index contributed by atoms with van der Waals surface area (Å²) < 4.78 is 36.7. The van der Waals surface area contributed by atoms with Gasteiger partial charge in [0.1, 0.15) is 5.69 Å². The monoisotopic (exact) mass is 266 g/mol. The van der Waals surface area contributed by atoms with E-state index in [9.17, 15) is 18.0 Å². The second-order valence-electron chi connectivity index (χ2n) is 3.46. The number of alkyl halides is 4. The van der Waals surface area contributed by atoms with Crippen LogP contribution in [-0.2, 0) is 6.18 Å². The number of hydrogen-bond donors (Lipinski definition) is 1. The van der Waals surface area contributed by atoms with Crippen molar-refractivity contribution in [3.05, 3.63) is 29.6 Å². The molecule has 0 spiro atoms. The molecule has 1 rings (SSSR count). The summed E-state index contributed by atoms with van der Waals surface area (Å²) in [5, 5.41) is 2.49.